The molecular formula is C9H11ClFNS. The average Bonchev–Trinajstić information content (AvgIpc) is 1.99. The average molecular weight is 220 g/mol. The number of thioether (sulfide) groups is 1. The summed E-state index contributed by atoms with van der Waals surface area (Å²) in [6.45, 7) is 4.08. The molecule has 1 rings (SSSR count). The fourth-order valence-electron chi connectivity index (χ4n) is 0.889. The number of benzene rings is 1. The van der Waals surface area contributed by atoms with E-state index in [2.05, 4.69) is 0 Å². The van der Waals surface area contributed by atoms with E-state index in [-0.39, 0.29) is 5.69 Å². The van der Waals surface area contributed by atoms with Crippen LogP contribution in [0.15, 0.2) is 17.0 Å². The first-order valence-electron chi connectivity index (χ1n) is 3.92. The van der Waals surface area contributed by atoms with Crippen molar-refractivity contribution in [2.24, 2.45) is 0 Å². The number of halogens is 2. The van der Waals surface area contributed by atoms with Crippen molar-refractivity contribution >= 4 is 29.1 Å². The van der Waals surface area contributed by atoms with Crippen LogP contribution in [-0.4, -0.2) is 5.25 Å². The SMILES string of the molecule is CC(C)Sc1cc(N)c(F)cc1Cl. The van der Waals surface area contributed by atoms with Gasteiger partial charge in [-0.25, -0.2) is 4.39 Å². The van der Waals surface area contributed by atoms with Crippen LogP contribution in [0.5, 0.6) is 0 Å². The Labute approximate surface area is 86.5 Å². The van der Waals surface area contributed by atoms with Crippen molar-refractivity contribution in [1.29, 1.82) is 0 Å². The lowest BCUT2D eigenvalue weighted by atomic mass is 10.3. The lowest BCUT2D eigenvalue weighted by Crippen LogP contribution is -1.93. The summed E-state index contributed by atoms with van der Waals surface area (Å²) >= 11 is 7.40. The third kappa shape index (κ3) is 2.78. The summed E-state index contributed by atoms with van der Waals surface area (Å²) in [5.74, 6) is -0.460. The molecule has 0 saturated heterocycles. The first-order valence-corrected chi connectivity index (χ1v) is 5.17. The minimum atomic E-state index is -0.460. The predicted molar refractivity (Wildman–Crippen MR) is 56.8 cm³/mol. The van der Waals surface area contributed by atoms with Crippen LogP contribution >= 0.6 is 23.4 Å². The van der Waals surface area contributed by atoms with Gasteiger partial charge in [-0.05, 0) is 12.1 Å². The molecule has 0 unspecified atom stereocenters. The molecule has 0 radical (unpaired) electrons. The molecule has 0 aliphatic heterocycles. The summed E-state index contributed by atoms with van der Waals surface area (Å²) in [5, 5.41) is 0.827. The Morgan fingerprint density at radius 1 is 1.46 bits per heavy atom. The maximum Gasteiger partial charge on any atom is 0.147 e. The van der Waals surface area contributed by atoms with Crippen LogP contribution in [0.3, 0.4) is 0 Å². The van der Waals surface area contributed by atoms with Gasteiger partial charge in [-0.15, -0.1) is 11.8 Å². The molecular weight excluding hydrogens is 209 g/mol. The highest BCUT2D eigenvalue weighted by Gasteiger charge is 2.07. The molecule has 0 atom stereocenters. The normalized spacial score (nSPS) is 10.8. The van der Waals surface area contributed by atoms with Crippen LogP contribution < -0.4 is 5.73 Å². The highest BCUT2D eigenvalue weighted by Crippen LogP contribution is 2.32. The van der Waals surface area contributed by atoms with E-state index in [0.717, 1.165) is 4.90 Å². The van der Waals surface area contributed by atoms with Crippen molar-refractivity contribution in [3.8, 4) is 0 Å². The van der Waals surface area contributed by atoms with Gasteiger partial charge in [0.05, 0.1) is 10.7 Å². The van der Waals surface area contributed by atoms with Gasteiger partial charge in [-0.2, -0.15) is 0 Å². The Kier molecular flexibility index (Phi) is 3.45. The van der Waals surface area contributed by atoms with Crippen molar-refractivity contribution < 1.29 is 4.39 Å². The van der Waals surface area contributed by atoms with Crippen LogP contribution in [-0.2, 0) is 0 Å². The van der Waals surface area contributed by atoms with Crippen LogP contribution in [0.1, 0.15) is 13.8 Å². The monoisotopic (exact) mass is 219 g/mol. The molecule has 0 saturated carbocycles. The van der Waals surface area contributed by atoms with E-state index in [1.165, 1.54) is 6.07 Å². The number of rotatable bonds is 2. The van der Waals surface area contributed by atoms with Gasteiger partial charge in [0, 0.05) is 10.1 Å². The molecule has 1 aromatic rings. The zero-order valence-corrected chi connectivity index (χ0v) is 9.05. The Morgan fingerprint density at radius 2 is 2.08 bits per heavy atom. The van der Waals surface area contributed by atoms with E-state index in [1.807, 2.05) is 13.8 Å². The van der Waals surface area contributed by atoms with Crippen molar-refractivity contribution in [3.05, 3.63) is 23.0 Å². The van der Waals surface area contributed by atoms with E-state index in [9.17, 15) is 4.39 Å². The Morgan fingerprint density at radius 3 is 2.62 bits per heavy atom. The maximum atomic E-state index is 12.9. The van der Waals surface area contributed by atoms with Crippen molar-refractivity contribution in [3.63, 3.8) is 0 Å². The third-order valence-corrected chi connectivity index (χ3v) is 2.90. The van der Waals surface area contributed by atoms with E-state index >= 15 is 0 Å². The molecule has 13 heavy (non-hydrogen) atoms. The highest BCUT2D eigenvalue weighted by molar-refractivity contribution is 8.00. The smallest absolute Gasteiger partial charge is 0.147 e. The summed E-state index contributed by atoms with van der Waals surface area (Å²) in [6.07, 6.45) is 0. The van der Waals surface area contributed by atoms with Gasteiger partial charge in [0.15, 0.2) is 0 Å². The van der Waals surface area contributed by atoms with Crippen LogP contribution in [0.4, 0.5) is 10.1 Å². The first-order chi connectivity index (χ1) is 6.00. The molecule has 0 bridgehead atoms. The second-order valence-electron chi connectivity index (χ2n) is 2.97. The highest BCUT2D eigenvalue weighted by atomic mass is 35.5. The molecule has 0 aliphatic carbocycles. The molecule has 0 fully saturated rings. The fourth-order valence-corrected chi connectivity index (χ4v) is 2.05. The van der Waals surface area contributed by atoms with Crippen LogP contribution in [0.2, 0.25) is 5.02 Å². The summed E-state index contributed by atoms with van der Waals surface area (Å²) < 4.78 is 12.9. The van der Waals surface area contributed by atoms with Gasteiger partial charge >= 0.3 is 0 Å². The summed E-state index contributed by atoms with van der Waals surface area (Å²) in [6, 6.07) is 2.82. The van der Waals surface area contributed by atoms with Gasteiger partial charge in [-0.3, -0.25) is 0 Å². The first kappa shape index (κ1) is 10.7. The second kappa shape index (κ2) is 4.20. The van der Waals surface area contributed by atoms with Gasteiger partial charge in [0.2, 0.25) is 0 Å². The van der Waals surface area contributed by atoms with Gasteiger partial charge < -0.3 is 5.73 Å². The van der Waals surface area contributed by atoms with E-state index in [1.54, 1.807) is 17.8 Å². The van der Waals surface area contributed by atoms with Crippen molar-refractivity contribution in [2.45, 2.75) is 24.0 Å². The van der Waals surface area contributed by atoms with Gasteiger partial charge in [0.25, 0.3) is 0 Å². The molecule has 1 nitrogen and oxygen atoms in total. The van der Waals surface area contributed by atoms with Crippen LogP contribution in [0, 0.1) is 5.82 Å². The lowest BCUT2D eigenvalue weighted by molar-refractivity contribution is 0.631. The molecule has 1 aromatic carbocycles. The second-order valence-corrected chi connectivity index (χ2v) is 5.00. The summed E-state index contributed by atoms with van der Waals surface area (Å²) in [5.41, 5.74) is 5.56. The Balaban J connectivity index is 3.01. The number of nitrogen functional groups attached to an aromatic ring is 1. The number of hydrogen-bond donors (Lipinski definition) is 1. The van der Waals surface area contributed by atoms with Crippen LogP contribution in [0.25, 0.3) is 0 Å². The number of anilines is 1. The topological polar surface area (TPSA) is 26.0 Å². The molecule has 4 heteroatoms. The molecule has 0 heterocycles. The Hall–Kier alpha value is -0.410. The quantitative estimate of drug-likeness (QED) is 0.608. The largest absolute Gasteiger partial charge is 0.396 e. The molecule has 0 spiro atoms. The molecule has 0 aromatic heterocycles. The van der Waals surface area contributed by atoms with Crippen molar-refractivity contribution in [2.75, 3.05) is 5.73 Å². The predicted octanol–water partition coefficient (Wildman–Crippen LogP) is 3.56. The standard InChI is InChI=1S/C9H11ClFNS/c1-5(2)13-9-4-8(12)7(11)3-6(9)10/h3-5H,12H2,1-2H3. The number of nitrogens with two attached hydrogens (primary N) is 1. The van der Waals surface area contributed by atoms with Crippen molar-refractivity contribution in [1.82, 2.24) is 0 Å². The van der Waals surface area contributed by atoms with E-state index in [4.69, 9.17) is 17.3 Å². The van der Waals surface area contributed by atoms with E-state index < -0.39 is 5.82 Å². The third-order valence-electron chi connectivity index (χ3n) is 1.41. The fraction of sp³-hybridized carbons (Fsp3) is 0.333. The van der Waals surface area contributed by atoms with Gasteiger partial charge in [-0.1, -0.05) is 25.4 Å². The summed E-state index contributed by atoms with van der Waals surface area (Å²) in [7, 11) is 0. The lowest BCUT2D eigenvalue weighted by Gasteiger charge is -2.08. The van der Waals surface area contributed by atoms with Gasteiger partial charge in [0.1, 0.15) is 5.82 Å². The number of hydrogen-bond acceptors (Lipinski definition) is 2. The van der Waals surface area contributed by atoms with E-state index in [0.29, 0.717) is 10.3 Å². The zero-order valence-electron chi connectivity index (χ0n) is 7.47. The summed E-state index contributed by atoms with van der Waals surface area (Å²) in [4.78, 5) is 0.829. The molecule has 0 amide bonds. The maximum absolute atomic E-state index is 12.9. The minimum Gasteiger partial charge on any atom is -0.396 e. The molecule has 72 valence electrons. The zero-order chi connectivity index (χ0) is 10.0. The molecule has 0 aliphatic rings. The minimum absolute atomic E-state index is 0.146. The Bertz CT molecular complexity index is 315. The molecule has 2 N–H and O–H groups in total.